The number of hydrogen-bond donors (Lipinski definition) is 1. The summed E-state index contributed by atoms with van der Waals surface area (Å²) in [6.45, 7) is 2.13. The molecule has 1 unspecified atom stereocenters. The van der Waals surface area contributed by atoms with Gasteiger partial charge in [-0.15, -0.1) is 0 Å². The SMILES string of the molecule is CC1N(c2ccc(I)cc2)N=C(c2ccccc2)NN1c1nc2ccccc2s1. The zero-order chi connectivity index (χ0) is 19.8. The van der Waals surface area contributed by atoms with Crippen molar-refractivity contribution < 1.29 is 0 Å². The van der Waals surface area contributed by atoms with E-state index in [1.807, 2.05) is 41.4 Å². The predicted octanol–water partition coefficient (Wildman–Crippen LogP) is 5.44. The number of thiazole rings is 1. The van der Waals surface area contributed by atoms with Crippen LogP contribution in [0.5, 0.6) is 0 Å². The maximum absolute atomic E-state index is 4.93. The van der Waals surface area contributed by atoms with E-state index >= 15 is 0 Å². The van der Waals surface area contributed by atoms with Gasteiger partial charge in [-0.1, -0.05) is 53.8 Å². The average Bonchev–Trinajstić information content (AvgIpc) is 3.19. The summed E-state index contributed by atoms with van der Waals surface area (Å²) < 4.78 is 2.37. The standard InChI is InChI=1S/C22H18IN5S/c1-15-27(18-13-11-17(23)12-14-18)25-21(16-7-3-2-4-8-16)26-28(15)22-24-19-9-5-6-10-20(19)29-22/h2-15H,1H3,(H,25,26). The number of fused-ring (bicyclic) bond motifs is 1. The molecule has 7 heteroatoms. The van der Waals surface area contributed by atoms with Gasteiger partial charge < -0.3 is 0 Å². The van der Waals surface area contributed by atoms with E-state index in [9.17, 15) is 0 Å². The van der Waals surface area contributed by atoms with Crippen molar-refractivity contribution in [3.63, 3.8) is 0 Å². The fourth-order valence-electron chi connectivity index (χ4n) is 3.29. The second-order valence-electron chi connectivity index (χ2n) is 6.71. The summed E-state index contributed by atoms with van der Waals surface area (Å²) in [6, 6.07) is 26.8. The van der Waals surface area contributed by atoms with Crippen molar-refractivity contribution in [2.45, 2.75) is 13.1 Å². The van der Waals surface area contributed by atoms with Crippen molar-refractivity contribution in [3.05, 3.63) is 88.0 Å². The van der Waals surface area contributed by atoms with Crippen molar-refractivity contribution in [1.29, 1.82) is 0 Å². The molecule has 1 N–H and O–H groups in total. The van der Waals surface area contributed by atoms with Crippen LogP contribution in [-0.4, -0.2) is 17.0 Å². The summed E-state index contributed by atoms with van der Waals surface area (Å²) in [6.07, 6.45) is -0.0527. The van der Waals surface area contributed by atoms with E-state index in [4.69, 9.17) is 10.1 Å². The van der Waals surface area contributed by atoms with Crippen LogP contribution in [0.3, 0.4) is 0 Å². The highest BCUT2D eigenvalue weighted by molar-refractivity contribution is 14.1. The maximum Gasteiger partial charge on any atom is 0.207 e. The van der Waals surface area contributed by atoms with Crippen LogP contribution < -0.4 is 15.4 Å². The van der Waals surface area contributed by atoms with E-state index in [0.717, 1.165) is 27.7 Å². The number of aromatic nitrogens is 1. The van der Waals surface area contributed by atoms with Gasteiger partial charge in [-0.05, 0) is 65.9 Å². The third-order valence-corrected chi connectivity index (χ3v) is 6.54. The highest BCUT2D eigenvalue weighted by Crippen LogP contribution is 2.32. The number of nitrogens with one attached hydrogen (secondary N) is 1. The second kappa shape index (κ2) is 7.64. The molecule has 1 aliphatic rings. The first-order chi connectivity index (χ1) is 14.2. The van der Waals surface area contributed by atoms with Gasteiger partial charge in [0.25, 0.3) is 0 Å². The van der Waals surface area contributed by atoms with Crippen LogP contribution in [0.1, 0.15) is 12.5 Å². The number of nitrogens with zero attached hydrogens (tertiary/aromatic N) is 4. The molecule has 0 radical (unpaired) electrons. The van der Waals surface area contributed by atoms with E-state index in [-0.39, 0.29) is 6.17 Å². The lowest BCUT2D eigenvalue weighted by Gasteiger charge is -2.40. The van der Waals surface area contributed by atoms with E-state index in [0.29, 0.717) is 0 Å². The summed E-state index contributed by atoms with van der Waals surface area (Å²) in [5, 5.41) is 9.99. The molecule has 1 aliphatic heterocycles. The van der Waals surface area contributed by atoms with Crippen LogP contribution >= 0.6 is 33.9 Å². The van der Waals surface area contributed by atoms with Gasteiger partial charge in [0.05, 0.1) is 15.9 Å². The summed E-state index contributed by atoms with van der Waals surface area (Å²) in [5.41, 5.74) is 6.57. The van der Waals surface area contributed by atoms with Crippen molar-refractivity contribution in [2.24, 2.45) is 5.10 Å². The molecule has 4 aromatic rings. The minimum atomic E-state index is -0.0527. The molecule has 0 fully saturated rings. The predicted molar refractivity (Wildman–Crippen MR) is 129 cm³/mol. The lowest BCUT2D eigenvalue weighted by molar-refractivity contribution is 0.551. The summed E-state index contributed by atoms with van der Waals surface area (Å²) in [7, 11) is 0. The third kappa shape index (κ3) is 3.56. The van der Waals surface area contributed by atoms with Crippen molar-refractivity contribution in [3.8, 4) is 0 Å². The topological polar surface area (TPSA) is 43.8 Å². The normalized spacial score (nSPS) is 16.6. The Balaban J connectivity index is 1.60. The first-order valence-corrected chi connectivity index (χ1v) is 11.2. The Labute approximate surface area is 186 Å². The third-order valence-electron chi connectivity index (χ3n) is 4.79. The smallest absolute Gasteiger partial charge is 0.207 e. The molecule has 144 valence electrons. The largest absolute Gasteiger partial charge is 0.276 e. The molecule has 5 rings (SSSR count). The number of para-hydroxylation sites is 1. The molecule has 2 heterocycles. The number of hydrazone groups is 1. The summed E-state index contributed by atoms with van der Waals surface area (Å²) in [4.78, 5) is 4.86. The van der Waals surface area contributed by atoms with Crippen molar-refractivity contribution >= 4 is 60.8 Å². The van der Waals surface area contributed by atoms with Crippen molar-refractivity contribution in [1.82, 2.24) is 10.4 Å². The minimum Gasteiger partial charge on any atom is -0.276 e. The average molecular weight is 511 g/mol. The van der Waals surface area contributed by atoms with Gasteiger partial charge in [-0.25, -0.2) is 15.0 Å². The van der Waals surface area contributed by atoms with Crippen LogP contribution in [-0.2, 0) is 0 Å². The quantitative estimate of drug-likeness (QED) is 0.372. The Bertz CT molecular complexity index is 1140. The number of anilines is 2. The Hall–Kier alpha value is -2.65. The second-order valence-corrected chi connectivity index (χ2v) is 8.97. The van der Waals surface area contributed by atoms with Gasteiger partial charge in [0.2, 0.25) is 5.13 Å². The zero-order valence-corrected chi connectivity index (χ0v) is 18.6. The highest BCUT2D eigenvalue weighted by atomic mass is 127. The molecule has 0 saturated heterocycles. The van der Waals surface area contributed by atoms with Gasteiger partial charge in [0.1, 0.15) is 6.17 Å². The first kappa shape index (κ1) is 18.4. The maximum atomic E-state index is 4.93. The number of hydrazine groups is 1. The fraction of sp³-hybridized carbons (Fsp3) is 0.0909. The summed E-state index contributed by atoms with van der Waals surface area (Å²) >= 11 is 4.00. The van der Waals surface area contributed by atoms with Crippen LogP contribution in [0.2, 0.25) is 0 Å². The number of amidine groups is 1. The van der Waals surface area contributed by atoms with Gasteiger partial charge in [0, 0.05) is 9.13 Å². The minimum absolute atomic E-state index is 0.0527. The summed E-state index contributed by atoms with van der Waals surface area (Å²) in [5.74, 6) is 0.793. The number of benzene rings is 3. The molecule has 1 atom stereocenters. The molecule has 1 aromatic heterocycles. The van der Waals surface area contributed by atoms with E-state index in [2.05, 4.69) is 82.4 Å². The van der Waals surface area contributed by atoms with Crippen LogP contribution in [0.15, 0.2) is 84.0 Å². The molecule has 0 bridgehead atoms. The number of hydrogen-bond acceptors (Lipinski definition) is 6. The monoisotopic (exact) mass is 511 g/mol. The molecule has 3 aromatic carbocycles. The Morgan fingerprint density at radius 2 is 1.66 bits per heavy atom. The van der Waals surface area contributed by atoms with Gasteiger partial charge in [0.15, 0.2) is 5.84 Å². The van der Waals surface area contributed by atoms with Gasteiger partial charge >= 0.3 is 0 Å². The molecular weight excluding hydrogens is 493 g/mol. The molecule has 0 amide bonds. The van der Waals surface area contributed by atoms with Crippen molar-refractivity contribution in [2.75, 3.05) is 10.0 Å². The van der Waals surface area contributed by atoms with Gasteiger partial charge in [-0.2, -0.15) is 5.10 Å². The van der Waals surface area contributed by atoms with Gasteiger partial charge in [-0.3, -0.25) is 5.43 Å². The van der Waals surface area contributed by atoms with E-state index < -0.39 is 0 Å². The van der Waals surface area contributed by atoms with Crippen LogP contribution in [0, 0.1) is 3.57 Å². The van der Waals surface area contributed by atoms with Crippen LogP contribution in [0.25, 0.3) is 10.2 Å². The molecular formula is C22H18IN5S. The first-order valence-electron chi connectivity index (χ1n) is 9.29. The molecule has 0 aliphatic carbocycles. The molecule has 29 heavy (non-hydrogen) atoms. The Morgan fingerprint density at radius 3 is 2.41 bits per heavy atom. The molecule has 0 saturated carbocycles. The Morgan fingerprint density at radius 1 is 0.931 bits per heavy atom. The molecule has 5 nitrogen and oxygen atoms in total. The lowest BCUT2D eigenvalue weighted by Crippen LogP contribution is -2.58. The molecule has 0 spiro atoms. The highest BCUT2D eigenvalue weighted by Gasteiger charge is 2.30. The number of rotatable bonds is 3. The number of halogens is 1. The van der Waals surface area contributed by atoms with E-state index in [1.54, 1.807) is 11.3 Å². The lowest BCUT2D eigenvalue weighted by atomic mass is 10.2. The Kier molecular flexibility index (Phi) is 4.84. The van der Waals surface area contributed by atoms with E-state index in [1.165, 1.54) is 8.27 Å². The fourth-order valence-corrected chi connectivity index (χ4v) is 4.65. The van der Waals surface area contributed by atoms with Crippen LogP contribution in [0.4, 0.5) is 10.8 Å². The zero-order valence-electron chi connectivity index (χ0n) is 15.7.